The van der Waals surface area contributed by atoms with Gasteiger partial charge in [0.25, 0.3) is 5.69 Å². The maximum Gasteiger partial charge on any atom is 0.339 e. The zero-order chi connectivity index (χ0) is 17.1. The summed E-state index contributed by atoms with van der Waals surface area (Å²) in [5.41, 5.74) is -0.646. The number of hydrogen-bond donors (Lipinski definition) is 2. The summed E-state index contributed by atoms with van der Waals surface area (Å²) >= 11 is 5.96. The topological polar surface area (TPSA) is 102 Å². The molecule has 7 nitrogen and oxygen atoms in total. The van der Waals surface area contributed by atoms with Crippen molar-refractivity contribution in [3.05, 3.63) is 32.8 Å². The molecule has 2 N–H and O–H groups in total. The zero-order valence-electron chi connectivity index (χ0n) is 12.8. The van der Waals surface area contributed by atoms with Crippen molar-refractivity contribution in [1.82, 2.24) is 0 Å². The molecule has 1 aromatic carbocycles. The van der Waals surface area contributed by atoms with Crippen LogP contribution >= 0.6 is 11.6 Å². The monoisotopic (exact) mass is 330 g/mol. The maximum absolute atomic E-state index is 11.5. The number of esters is 1. The molecule has 0 aromatic heterocycles. The van der Waals surface area contributed by atoms with Gasteiger partial charge in [0.2, 0.25) is 0 Å². The van der Waals surface area contributed by atoms with Crippen LogP contribution in [0.15, 0.2) is 12.1 Å². The van der Waals surface area contributed by atoms with Gasteiger partial charge in [-0.2, -0.15) is 0 Å². The number of benzene rings is 1. The number of ether oxygens (including phenoxy) is 1. The number of anilines is 1. The van der Waals surface area contributed by atoms with Crippen LogP contribution in [0.25, 0.3) is 0 Å². The summed E-state index contributed by atoms with van der Waals surface area (Å²) in [6.07, 6.45) is -0.717. The van der Waals surface area contributed by atoms with Crippen LogP contribution in [0.3, 0.4) is 0 Å². The molecule has 0 aliphatic heterocycles. The van der Waals surface area contributed by atoms with Crippen LogP contribution in [0.2, 0.25) is 5.02 Å². The van der Waals surface area contributed by atoms with Gasteiger partial charge < -0.3 is 15.2 Å². The number of carbonyl (C=O) groups excluding carboxylic acids is 1. The van der Waals surface area contributed by atoms with E-state index in [1.165, 1.54) is 6.07 Å². The van der Waals surface area contributed by atoms with Gasteiger partial charge in [0.05, 0.1) is 28.7 Å². The first-order valence-corrected chi connectivity index (χ1v) is 6.94. The second-order valence-electron chi connectivity index (χ2n) is 5.86. The van der Waals surface area contributed by atoms with E-state index in [2.05, 4.69) is 10.1 Å². The lowest BCUT2D eigenvalue weighted by atomic mass is 9.89. The Labute approximate surface area is 133 Å². The Kier molecular flexibility index (Phi) is 5.73. The number of hydrogen-bond acceptors (Lipinski definition) is 6. The van der Waals surface area contributed by atoms with Crippen LogP contribution in [-0.2, 0) is 4.74 Å². The molecule has 0 aliphatic rings. The predicted molar refractivity (Wildman–Crippen MR) is 83.4 cm³/mol. The van der Waals surface area contributed by atoms with E-state index in [1.54, 1.807) is 0 Å². The highest BCUT2D eigenvalue weighted by Crippen LogP contribution is 2.32. The molecule has 0 heterocycles. The third kappa shape index (κ3) is 4.32. The molecule has 1 aromatic rings. The Bertz CT molecular complexity index is 583. The van der Waals surface area contributed by atoms with Crippen molar-refractivity contribution < 1.29 is 19.6 Å². The van der Waals surface area contributed by atoms with Gasteiger partial charge in [-0.25, -0.2) is 4.79 Å². The normalized spacial score (nSPS) is 12.6. The maximum atomic E-state index is 11.5. The SMILES string of the molecule is COC(=O)c1cc([N+](=O)[O-])c(NCC(O)C(C)(C)C)cc1Cl. The summed E-state index contributed by atoms with van der Waals surface area (Å²) in [5.74, 6) is -0.755. The highest BCUT2D eigenvalue weighted by Gasteiger charge is 2.25. The summed E-state index contributed by atoms with van der Waals surface area (Å²) < 4.78 is 4.53. The Morgan fingerprint density at radius 1 is 1.50 bits per heavy atom. The molecule has 0 fully saturated rings. The molecule has 0 bridgehead atoms. The van der Waals surface area contributed by atoms with E-state index >= 15 is 0 Å². The van der Waals surface area contributed by atoms with Gasteiger partial charge in [-0.05, 0) is 11.5 Å². The lowest BCUT2D eigenvalue weighted by molar-refractivity contribution is -0.384. The average Bonchev–Trinajstić information content (AvgIpc) is 2.42. The molecule has 0 spiro atoms. The summed E-state index contributed by atoms with van der Waals surface area (Å²) in [4.78, 5) is 22.0. The Morgan fingerprint density at radius 3 is 2.55 bits per heavy atom. The fourth-order valence-corrected chi connectivity index (χ4v) is 1.87. The fourth-order valence-electron chi connectivity index (χ4n) is 1.63. The molecule has 122 valence electrons. The van der Waals surface area contributed by atoms with E-state index in [0.717, 1.165) is 13.2 Å². The van der Waals surface area contributed by atoms with Crippen LogP contribution in [0, 0.1) is 15.5 Å². The van der Waals surface area contributed by atoms with E-state index in [1.807, 2.05) is 20.8 Å². The van der Waals surface area contributed by atoms with E-state index in [-0.39, 0.29) is 33.9 Å². The molecule has 0 saturated heterocycles. The van der Waals surface area contributed by atoms with Crippen molar-refractivity contribution in [3.63, 3.8) is 0 Å². The lowest BCUT2D eigenvalue weighted by Crippen LogP contribution is -2.33. The molecular formula is C14H19ClN2O5. The molecule has 1 atom stereocenters. The van der Waals surface area contributed by atoms with E-state index < -0.39 is 17.0 Å². The number of nitrogens with zero attached hydrogens (tertiary/aromatic N) is 1. The van der Waals surface area contributed by atoms with E-state index in [0.29, 0.717) is 0 Å². The smallest absolute Gasteiger partial charge is 0.339 e. The second kappa shape index (κ2) is 6.93. The summed E-state index contributed by atoms with van der Waals surface area (Å²) in [6.45, 7) is 5.65. The number of aliphatic hydroxyl groups excluding tert-OH is 1. The van der Waals surface area contributed by atoms with Gasteiger partial charge in [0, 0.05) is 12.6 Å². The number of nitrogens with one attached hydrogen (secondary N) is 1. The van der Waals surface area contributed by atoms with Gasteiger partial charge in [-0.15, -0.1) is 0 Å². The minimum absolute atomic E-state index is 0.0326. The quantitative estimate of drug-likeness (QED) is 0.489. The van der Waals surface area contributed by atoms with Crippen LogP contribution in [0.4, 0.5) is 11.4 Å². The highest BCUT2D eigenvalue weighted by molar-refractivity contribution is 6.34. The lowest BCUT2D eigenvalue weighted by Gasteiger charge is -2.26. The van der Waals surface area contributed by atoms with Crippen molar-refractivity contribution in [2.24, 2.45) is 5.41 Å². The highest BCUT2D eigenvalue weighted by atomic mass is 35.5. The number of halogens is 1. The van der Waals surface area contributed by atoms with Crippen LogP contribution < -0.4 is 5.32 Å². The molecule has 0 saturated carbocycles. The number of nitro benzene ring substituents is 1. The molecule has 0 aliphatic carbocycles. The summed E-state index contributed by atoms with van der Waals surface area (Å²) in [5, 5.41) is 24.0. The molecule has 1 rings (SSSR count). The van der Waals surface area contributed by atoms with Crippen molar-refractivity contribution in [3.8, 4) is 0 Å². The van der Waals surface area contributed by atoms with Crippen LogP contribution in [0.5, 0.6) is 0 Å². The van der Waals surface area contributed by atoms with Crippen molar-refractivity contribution in [2.75, 3.05) is 19.0 Å². The summed E-state index contributed by atoms with van der Waals surface area (Å²) in [7, 11) is 1.16. The van der Waals surface area contributed by atoms with Gasteiger partial charge in [0.1, 0.15) is 5.69 Å². The minimum Gasteiger partial charge on any atom is -0.465 e. The molecule has 8 heteroatoms. The fraction of sp³-hybridized carbons (Fsp3) is 0.500. The number of carbonyl (C=O) groups is 1. The number of rotatable bonds is 5. The van der Waals surface area contributed by atoms with Crippen LogP contribution in [-0.4, -0.2) is 35.8 Å². The third-order valence-corrected chi connectivity index (χ3v) is 3.49. The number of aliphatic hydroxyl groups is 1. The average molecular weight is 331 g/mol. The van der Waals surface area contributed by atoms with E-state index in [4.69, 9.17) is 11.6 Å². The minimum atomic E-state index is -0.755. The zero-order valence-corrected chi connectivity index (χ0v) is 13.6. The number of methoxy groups -OCH3 is 1. The van der Waals surface area contributed by atoms with Gasteiger partial charge in [0.15, 0.2) is 0 Å². The molecule has 22 heavy (non-hydrogen) atoms. The van der Waals surface area contributed by atoms with Gasteiger partial charge in [-0.3, -0.25) is 10.1 Å². The van der Waals surface area contributed by atoms with Gasteiger partial charge >= 0.3 is 5.97 Å². The second-order valence-corrected chi connectivity index (χ2v) is 6.27. The third-order valence-electron chi connectivity index (χ3n) is 3.17. The molecule has 0 amide bonds. The molecule has 1 unspecified atom stereocenters. The van der Waals surface area contributed by atoms with E-state index in [9.17, 15) is 20.0 Å². The Balaban J connectivity index is 3.12. The summed E-state index contributed by atoms with van der Waals surface area (Å²) in [6, 6.07) is 2.33. The van der Waals surface area contributed by atoms with Crippen LogP contribution in [0.1, 0.15) is 31.1 Å². The predicted octanol–water partition coefficient (Wildman–Crippen LogP) is 2.85. The largest absolute Gasteiger partial charge is 0.465 e. The number of nitro groups is 1. The van der Waals surface area contributed by atoms with Crippen molar-refractivity contribution in [2.45, 2.75) is 26.9 Å². The Hall–Kier alpha value is -1.86. The van der Waals surface area contributed by atoms with Crippen molar-refractivity contribution >= 4 is 28.9 Å². The Morgan fingerprint density at radius 2 is 2.09 bits per heavy atom. The first-order chi connectivity index (χ1) is 10.1. The molecular weight excluding hydrogens is 312 g/mol. The van der Waals surface area contributed by atoms with Crippen molar-refractivity contribution in [1.29, 1.82) is 0 Å². The standard InChI is InChI=1S/C14H19ClN2O5/c1-14(2,3)12(18)7-16-10-6-9(15)8(13(19)22-4)5-11(10)17(20)21/h5-6,12,16,18H,7H2,1-4H3. The molecule has 0 radical (unpaired) electrons. The first kappa shape index (κ1) is 18.2. The first-order valence-electron chi connectivity index (χ1n) is 6.56. The van der Waals surface area contributed by atoms with Gasteiger partial charge in [-0.1, -0.05) is 32.4 Å².